The Bertz CT molecular complexity index is 554. The lowest BCUT2D eigenvalue weighted by Crippen LogP contribution is -2.58. The second kappa shape index (κ2) is 6.65. The van der Waals surface area contributed by atoms with Crippen molar-refractivity contribution < 1.29 is 14.3 Å². The second-order valence-corrected chi connectivity index (χ2v) is 7.20. The Morgan fingerprint density at radius 1 is 1.52 bits per heavy atom. The standard InChI is InChI=1S/C18H28N2O3/c1-14(2)23-13-18-8-5-11-22-16(18)7-10-20(12-18)17(21)15-6-4-9-19(15)3/h4,6,9,14,16H,5,7-8,10-13H2,1-3H3/t16-,18-/m0/s1. The largest absolute Gasteiger partial charge is 0.378 e. The summed E-state index contributed by atoms with van der Waals surface area (Å²) in [7, 11) is 1.92. The SMILES string of the molecule is CC(C)OC[C@@]12CCCO[C@H]1CCN(C(=O)c1cccn1C)C2. The maximum atomic E-state index is 12.9. The summed E-state index contributed by atoms with van der Waals surface area (Å²) in [5.41, 5.74) is 0.696. The van der Waals surface area contributed by atoms with Gasteiger partial charge in [-0.2, -0.15) is 0 Å². The molecular weight excluding hydrogens is 292 g/mol. The third kappa shape index (κ3) is 3.31. The van der Waals surface area contributed by atoms with Crippen molar-refractivity contribution in [2.75, 3.05) is 26.3 Å². The number of nitrogens with zero attached hydrogens (tertiary/aromatic N) is 2. The van der Waals surface area contributed by atoms with E-state index in [1.165, 1.54) is 0 Å². The number of amides is 1. The fourth-order valence-corrected chi connectivity index (χ4v) is 3.85. The van der Waals surface area contributed by atoms with Crippen LogP contribution in [0.25, 0.3) is 0 Å². The molecule has 23 heavy (non-hydrogen) atoms. The summed E-state index contributed by atoms with van der Waals surface area (Å²) in [4.78, 5) is 14.9. The van der Waals surface area contributed by atoms with E-state index in [2.05, 4.69) is 13.8 Å². The van der Waals surface area contributed by atoms with Crippen LogP contribution in [0, 0.1) is 5.41 Å². The normalized spacial score (nSPS) is 28.0. The molecule has 1 aromatic rings. The van der Waals surface area contributed by atoms with Gasteiger partial charge in [0.1, 0.15) is 5.69 Å². The summed E-state index contributed by atoms with van der Waals surface area (Å²) in [5.74, 6) is 0.116. The van der Waals surface area contributed by atoms with Gasteiger partial charge in [-0.3, -0.25) is 4.79 Å². The van der Waals surface area contributed by atoms with Crippen LogP contribution in [-0.2, 0) is 16.5 Å². The molecule has 3 rings (SSSR count). The number of likely N-dealkylation sites (tertiary alicyclic amines) is 1. The minimum Gasteiger partial charge on any atom is -0.378 e. The van der Waals surface area contributed by atoms with E-state index in [4.69, 9.17) is 9.47 Å². The number of piperidine rings is 1. The van der Waals surface area contributed by atoms with Gasteiger partial charge >= 0.3 is 0 Å². The first-order valence-corrected chi connectivity index (χ1v) is 8.66. The average molecular weight is 320 g/mol. The molecule has 0 spiro atoms. The van der Waals surface area contributed by atoms with Gasteiger partial charge < -0.3 is 18.9 Å². The predicted octanol–water partition coefficient (Wildman–Crippen LogP) is 2.46. The van der Waals surface area contributed by atoms with Crippen LogP contribution in [0.4, 0.5) is 0 Å². The smallest absolute Gasteiger partial charge is 0.270 e. The lowest BCUT2D eigenvalue weighted by atomic mass is 9.73. The first kappa shape index (κ1) is 16.5. The zero-order valence-corrected chi connectivity index (χ0v) is 14.5. The Morgan fingerprint density at radius 3 is 3.04 bits per heavy atom. The van der Waals surface area contributed by atoms with E-state index in [1.54, 1.807) is 0 Å². The Hall–Kier alpha value is -1.33. The summed E-state index contributed by atoms with van der Waals surface area (Å²) in [5, 5.41) is 0. The van der Waals surface area contributed by atoms with E-state index in [0.29, 0.717) is 6.61 Å². The number of hydrogen-bond donors (Lipinski definition) is 0. The number of carbonyl (C=O) groups is 1. The summed E-state index contributed by atoms with van der Waals surface area (Å²) in [6.07, 6.45) is 5.35. The fourth-order valence-electron chi connectivity index (χ4n) is 3.85. The molecule has 0 bridgehead atoms. The van der Waals surface area contributed by atoms with Crippen LogP contribution < -0.4 is 0 Å². The Kier molecular flexibility index (Phi) is 4.78. The third-order valence-electron chi connectivity index (χ3n) is 5.14. The van der Waals surface area contributed by atoms with Crippen LogP contribution in [0.2, 0.25) is 0 Å². The molecule has 3 heterocycles. The minimum atomic E-state index is -0.0540. The molecule has 0 N–H and O–H groups in total. The molecule has 2 aliphatic heterocycles. The van der Waals surface area contributed by atoms with Crippen LogP contribution >= 0.6 is 0 Å². The Labute approximate surface area is 138 Å². The molecule has 1 aromatic heterocycles. The summed E-state index contributed by atoms with van der Waals surface area (Å²) in [6.45, 7) is 7.12. The van der Waals surface area contributed by atoms with Crippen molar-refractivity contribution >= 4 is 5.91 Å². The highest BCUT2D eigenvalue weighted by Crippen LogP contribution is 2.41. The molecular formula is C18H28N2O3. The Morgan fingerprint density at radius 2 is 2.35 bits per heavy atom. The molecule has 2 atom stereocenters. The van der Waals surface area contributed by atoms with Gasteiger partial charge in [-0.1, -0.05) is 0 Å². The van der Waals surface area contributed by atoms with Crippen molar-refractivity contribution in [1.82, 2.24) is 9.47 Å². The van der Waals surface area contributed by atoms with E-state index in [0.717, 1.165) is 44.7 Å². The first-order valence-electron chi connectivity index (χ1n) is 8.66. The quantitative estimate of drug-likeness (QED) is 0.856. The molecule has 2 aliphatic rings. The topological polar surface area (TPSA) is 43.7 Å². The van der Waals surface area contributed by atoms with Crippen LogP contribution in [0.3, 0.4) is 0 Å². The highest BCUT2D eigenvalue weighted by Gasteiger charge is 2.47. The van der Waals surface area contributed by atoms with Crippen molar-refractivity contribution in [3.05, 3.63) is 24.0 Å². The fraction of sp³-hybridized carbons (Fsp3) is 0.722. The lowest BCUT2D eigenvalue weighted by molar-refractivity contribution is -0.152. The molecule has 1 amide bonds. The number of aromatic nitrogens is 1. The average Bonchev–Trinajstić information content (AvgIpc) is 2.98. The monoisotopic (exact) mass is 320 g/mol. The van der Waals surface area contributed by atoms with Crippen LogP contribution in [0.1, 0.15) is 43.6 Å². The second-order valence-electron chi connectivity index (χ2n) is 7.20. The first-order chi connectivity index (χ1) is 11.0. The summed E-state index contributed by atoms with van der Waals surface area (Å²) >= 11 is 0. The predicted molar refractivity (Wildman–Crippen MR) is 88.4 cm³/mol. The number of hydrogen-bond acceptors (Lipinski definition) is 3. The maximum absolute atomic E-state index is 12.9. The van der Waals surface area contributed by atoms with Gasteiger partial charge in [0.05, 0.1) is 18.8 Å². The number of rotatable bonds is 4. The molecule has 0 aliphatic carbocycles. The van der Waals surface area contributed by atoms with Crippen molar-refractivity contribution in [3.8, 4) is 0 Å². The van der Waals surface area contributed by atoms with Gasteiger partial charge in [0.2, 0.25) is 0 Å². The molecule has 2 saturated heterocycles. The van der Waals surface area contributed by atoms with E-state index < -0.39 is 0 Å². The molecule has 0 aromatic carbocycles. The molecule has 0 unspecified atom stereocenters. The Balaban J connectivity index is 1.77. The summed E-state index contributed by atoms with van der Waals surface area (Å²) in [6, 6.07) is 3.81. The van der Waals surface area contributed by atoms with E-state index in [-0.39, 0.29) is 23.5 Å². The van der Waals surface area contributed by atoms with Crippen LogP contribution in [-0.4, -0.2) is 53.9 Å². The van der Waals surface area contributed by atoms with E-state index in [1.807, 2.05) is 34.8 Å². The molecule has 5 heteroatoms. The zero-order chi connectivity index (χ0) is 16.4. The number of ether oxygens (including phenoxy) is 2. The van der Waals surface area contributed by atoms with E-state index in [9.17, 15) is 4.79 Å². The van der Waals surface area contributed by atoms with Crippen molar-refractivity contribution in [2.45, 2.75) is 45.3 Å². The molecule has 128 valence electrons. The van der Waals surface area contributed by atoms with Gasteiger partial charge in [0.25, 0.3) is 5.91 Å². The molecule has 2 fully saturated rings. The van der Waals surface area contributed by atoms with E-state index >= 15 is 0 Å². The van der Waals surface area contributed by atoms with Gasteiger partial charge in [-0.05, 0) is 45.2 Å². The molecule has 5 nitrogen and oxygen atoms in total. The lowest BCUT2D eigenvalue weighted by Gasteiger charge is -2.50. The molecule has 0 saturated carbocycles. The van der Waals surface area contributed by atoms with Crippen molar-refractivity contribution in [3.63, 3.8) is 0 Å². The maximum Gasteiger partial charge on any atom is 0.270 e. The molecule has 0 radical (unpaired) electrons. The highest BCUT2D eigenvalue weighted by molar-refractivity contribution is 5.92. The summed E-state index contributed by atoms with van der Waals surface area (Å²) < 4.78 is 13.9. The number of fused-ring (bicyclic) bond motifs is 1. The van der Waals surface area contributed by atoms with Crippen molar-refractivity contribution in [1.29, 1.82) is 0 Å². The van der Waals surface area contributed by atoms with Gasteiger partial charge in [0.15, 0.2) is 0 Å². The minimum absolute atomic E-state index is 0.0540. The van der Waals surface area contributed by atoms with Gasteiger partial charge in [-0.25, -0.2) is 0 Å². The van der Waals surface area contributed by atoms with Crippen LogP contribution in [0.15, 0.2) is 18.3 Å². The van der Waals surface area contributed by atoms with Crippen LogP contribution in [0.5, 0.6) is 0 Å². The van der Waals surface area contributed by atoms with Crippen molar-refractivity contribution in [2.24, 2.45) is 12.5 Å². The third-order valence-corrected chi connectivity index (χ3v) is 5.14. The number of aryl methyl sites for hydroxylation is 1. The highest BCUT2D eigenvalue weighted by atomic mass is 16.5. The number of carbonyl (C=O) groups excluding carboxylic acids is 1. The zero-order valence-electron chi connectivity index (χ0n) is 14.5. The van der Waals surface area contributed by atoms with Gasteiger partial charge in [0, 0.05) is 38.4 Å². The van der Waals surface area contributed by atoms with Gasteiger partial charge in [-0.15, -0.1) is 0 Å².